The number of rotatable bonds is 6. The van der Waals surface area contributed by atoms with Crippen LogP contribution in [0, 0.1) is 6.92 Å². The molecule has 134 valence electrons. The Hall–Kier alpha value is -1.81. The van der Waals surface area contributed by atoms with Crippen LogP contribution in [0.4, 0.5) is 11.8 Å². The third-order valence-electron chi connectivity index (χ3n) is 4.65. The van der Waals surface area contributed by atoms with Gasteiger partial charge in [-0.3, -0.25) is 0 Å². The van der Waals surface area contributed by atoms with Crippen LogP contribution in [0.25, 0.3) is 0 Å². The molecule has 0 aliphatic heterocycles. The molecule has 2 aromatic rings. The van der Waals surface area contributed by atoms with Gasteiger partial charge in [-0.25, -0.2) is 4.98 Å². The summed E-state index contributed by atoms with van der Waals surface area (Å²) >= 11 is 6.03. The molecule has 0 amide bonds. The van der Waals surface area contributed by atoms with E-state index in [4.69, 9.17) is 11.6 Å². The Kier molecular flexibility index (Phi) is 6.51. The minimum absolute atomic E-state index is 0.538. The van der Waals surface area contributed by atoms with Crippen molar-refractivity contribution >= 4 is 23.4 Å². The van der Waals surface area contributed by atoms with Crippen molar-refractivity contribution in [1.82, 2.24) is 9.97 Å². The highest BCUT2D eigenvalue weighted by molar-refractivity contribution is 6.30. The van der Waals surface area contributed by atoms with Crippen molar-refractivity contribution in [3.8, 4) is 0 Å². The number of hydrogen-bond donors (Lipinski definition) is 2. The molecule has 0 atom stereocenters. The third kappa shape index (κ3) is 5.89. The van der Waals surface area contributed by atoms with Crippen molar-refractivity contribution in [3.05, 3.63) is 46.6 Å². The molecule has 0 saturated heterocycles. The van der Waals surface area contributed by atoms with Crippen molar-refractivity contribution in [1.29, 1.82) is 0 Å². The Labute approximate surface area is 155 Å². The van der Waals surface area contributed by atoms with Gasteiger partial charge < -0.3 is 10.6 Å². The molecule has 1 aliphatic rings. The topological polar surface area (TPSA) is 49.8 Å². The van der Waals surface area contributed by atoms with E-state index in [2.05, 4.69) is 26.7 Å². The van der Waals surface area contributed by atoms with Crippen LogP contribution in [0.15, 0.2) is 30.3 Å². The molecule has 0 bridgehead atoms. The summed E-state index contributed by atoms with van der Waals surface area (Å²) in [4.78, 5) is 9.15. The number of anilines is 2. The first-order chi connectivity index (χ1) is 12.2. The lowest BCUT2D eigenvalue weighted by atomic mass is 10.1. The molecule has 3 rings (SSSR count). The monoisotopic (exact) mass is 358 g/mol. The van der Waals surface area contributed by atoms with Crippen molar-refractivity contribution in [2.75, 3.05) is 17.2 Å². The van der Waals surface area contributed by atoms with E-state index in [0.717, 1.165) is 29.5 Å². The quantitative estimate of drug-likeness (QED) is 0.694. The zero-order valence-electron chi connectivity index (χ0n) is 14.9. The maximum atomic E-state index is 6.03. The fourth-order valence-electron chi connectivity index (χ4n) is 3.37. The molecule has 5 heteroatoms. The lowest BCUT2D eigenvalue weighted by molar-refractivity contribution is 0.617. The summed E-state index contributed by atoms with van der Waals surface area (Å²) in [5.41, 5.74) is 2.20. The molecule has 1 aliphatic carbocycles. The summed E-state index contributed by atoms with van der Waals surface area (Å²) in [6, 6.07) is 10.5. The van der Waals surface area contributed by atoms with Crippen LogP contribution in [-0.4, -0.2) is 22.6 Å². The minimum atomic E-state index is 0.538. The Morgan fingerprint density at radius 2 is 1.88 bits per heavy atom. The highest BCUT2D eigenvalue weighted by Crippen LogP contribution is 2.21. The van der Waals surface area contributed by atoms with E-state index >= 15 is 0 Å². The van der Waals surface area contributed by atoms with Crippen LogP contribution in [0.1, 0.15) is 49.8 Å². The highest BCUT2D eigenvalue weighted by atomic mass is 35.5. The van der Waals surface area contributed by atoms with Crippen molar-refractivity contribution in [3.63, 3.8) is 0 Å². The second-order valence-corrected chi connectivity index (χ2v) is 7.29. The minimum Gasteiger partial charge on any atom is -0.367 e. The van der Waals surface area contributed by atoms with Gasteiger partial charge >= 0.3 is 0 Å². The van der Waals surface area contributed by atoms with Gasteiger partial charge in [0.2, 0.25) is 5.95 Å². The zero-order chi connectivity index (χ0) is 17.5. The third-order valence-corrected chi connectivity index (χ3v) is 4.88. The number of aryl methyl sites for hydroxylation is 1. The summed E-state index contributed by atoms with van der Waals surface area (Å²) < 4.78 is 0. The number of benzene rings is 1. The van der Waals surface area contributed by atoms with Gasteiger partial charge in [0.1, 0.15) is 5.82 Å². The number of halogens is 1. The van der Waals surface area contributed by atoms with E-state index in [0.29, 0.717) is 12.0 Å². The van der Waals surface area contributed by atoms with Gasteiger partial charge in [0.15, 0.2) is 0 Å². The Balaban J connectivity index is 1.57. The SMILES string of the molecule is Cc1cc(NC2CCCCCC2)nc(NCCc2cccc(Cl)c2)n1. The predicted molar refractivity (Wildman–Crippen MR) is 106 cm³/mol. The second kappa shape index (κ2) is 9.04. The first-order valence-corrected chi connectivity index (χ1v) is 9.67. The Morgan fingerprint density at radius 3 is 2.64 bits per heavy atom. The van der Waals surface area contributed by atoms with Crippen molar-refractivity contribution in [2.45, 2.75) is 57.9 Å². The molecule has 0 radical (unpaired) electrons. The van der Waals surface area contributed by atoms with Crippen LogP contribution in [-0.2, 0) is 6.42 Å². The molecule has 0 unspecified atom stereocenters. The number of nitrogens with one attached hydrogen (secondary N) is 2. The van der Waals surface area contributed by atoms with Crippen LogP contribution in [0.2, 0.25) is 5.02 Å². The summed E-state index contributed by atoms with van der Waals surface area (Å²) in [5, 5.41) is 7.72. The normalized spacial score (nSPS) is 15.6. The van der Waals surface area contributed by atoms with Gasteiger partial charge in [0.05, 0.1) is 0 Å². The lowest BCUT2D eigenvalue weighted by Gasteiger charge is -2.17. The summed E-state index contributed by atoms with van der Waals surface area (Å²) in [5.74, 6) is 1.63. The molecule has 0 spiro atoms. The largest absolute Gasteiger partial charge is 0.367 e. The molecule has 1 aromatic heterocycles. The van der Waals surface area contributed by atoms with Gasteiger partial charge in [-0.05, 0) is 43.9 Å². The first kappa shape index (κ1) is 18.0. The summed E-state index contributed by atoms with van der Waals surface area (Å²) in [6.07, 6.45) is 8.71. The number of hydrogen-bond acceptors (Lipinski definition) is 4. The van der Waals surface area contributed by atoms with E-state index < -0.39 is 0 Å². The molecular formula is C20H27ClN4. The standard InChI is InChI=1S/C20H27ClN4/c1-15-13-19(24-18-9-4-2-3-5-10-18)25-20(23-15)22-12-11-16-7-6-8-17(21)14-16/h6-8,13-14,18H,2-5,9-12H2,1H3,(H2,22,23,24,25). The van der Waals surface area contributed by atoms with Gasteiger partial charge in [-0.15, -0.1) is 0 Å². The molecule has 1 aromatic carbocycles. The van der Waals surface area contributed by atoms with E-state index in [1.807, 2.05) is 31.2 Å². The highest BCUT2D eigenvalue weighted by Gasteiger charge is 2.13. The molecule has 1 fully saturated rings. The smallest absolute Gasteiger partial charge is 0.224 e. The fraction of sp³-hybridized carbons (Fsp3) is 0.500. The van der Waals surface area contributed by atoms with Crippen LogP contribution < -0.4 is 10.6 Å². The predicted octanol–water partition coefficient (Wildman–Crippen LogP) is 5.23. The summed E-state index contributed by atoms with van der Waals surface area (Å²) in [6.45, 7) is 2.80. The molecule has 25 heavy (non-hydrogen) atoms. The van der Waals surface area contributed by atoms with E-state index in [9.17, 15) is 0 Å². The summed E-state index contributed by atoms with van der Waals surface area (Å²) in [7, 11) is 0. The maximum absolute atomic E-state index is 6.03. The average Bonchev–Trinajstić information content (AvgIpc) is 2.83. The molecular weight excluding hydrogens is 332 g/mol. The van der Waals surface area contributed by atoms with Crippen LogP contribution >= 0.6 is 11.6 Å². The first-order valence-electron chi connectivity index (χ1n) is 9.29. The van der Waals surface area contributed by atoms with Crippen molar-refractivity contribution in [2.24, 2.45) is 0 Å². The molecule has 4 nitrogen and oxygen atoms in total. The zero-order valence-corrected chi connectivity index (χ0v) is 15.6. The average molecular weight is 359 g/mol. The lowest BCUT2D eigenvalue weighted by Crippen LogP contribution is -2.20. The Morgan fingerprint density at radius 1 is 1.08 bits per heavy atom. The molecule has 1 heterocycles. The van der Waals surface area contributed by atoms with Gasteiger partial charge in [0, 0.05) is 29.4 Å². The van der Waals surface area contributed by atoms with Crippen LogP contribution in [0.3, 0.4) is 0 Å². The molecule has 2 N–H and O–H groups in total. The second-order valence-electron chi connectivity index (χ2n) is 6.86. The van der Waals surface area contributed by atoms with Gasteiger partial charge in [-0.1, -0.05) is 49.4 Å². The van der Waals surface area contributed by atoms with Gasteiger partial charge in [-0.2, -0.15) is 4.98 Å². The van der Waals surface area contributed by atoms with E-state index in [-0.39, 0.29) is 0 Å². The van der Waals surface area contributed by atoms with E-state index in [1.54, 1.807) is 0 Å². The van der Waals surface area contributed by atoms with E-state index in [1.165, 1.54) is 44.1 Å². The van der Waals surface area contributed by atoms with Crippen LogP contribution in [0.5, 0.6) is 0 Å². The number of nitrogens with zero attached hydrogens (tertiary/aromatic N) is 2. The number of aromatic nitrogens is 2. The Bertz CT molecular complexity index is 681. The molecule has 1 saturated carbocycles. The fourth-order valence-corrected chi connectivity index (χ4v) is 3.58. The van der Waals surface area contributed by atoms with Crippen molar-refractivity contribution < 1.29 is 0 Å². The maximum Gasteiger partial charge on any atom is 0.224 e. The van der Waals surface area contributed by atoms with Gasteiger partial charge in [0.25, 0.3) is 0 Å².